The van der Waals surface area contributed by atoms with Crippen molar-refractivity contribution in [2.45, 2.75) is 18.4 Å². The van der Waals surface area contributed by atoms with E-state index < -0.39 is 17.7 Å². The molecule has 2 aromatic rings. The third-order valence-electron chi connectivity index (χ3n) is 4.55. The standard InChI is InChI=1S/C20H21NO5/c1-20(24,18(22)25-2)12-21-19(23)26-11-17-15-9-5-3-7-13(15)14-8-4-6-10-16(14)17/h3-10,17,24H,11-12H2,1-2H3,(H,21,23). The first kappa shape index (κ1) is 17.9. The average molecular weight is 355 g/mol. The number of carbonyl (C=O) groups is 2. The molecular weight excluding hydrogens is 334 g/mol. The molecule has 1 unspecified atom stereocenters. The number of hydrogen-bond donors (Lipinski definition) is 2. The number of methoxy groups -OCH3 is 1. The summed E-state index contributed by atoms with van der Waals surface area (Å²) in [6.45, 7) is 1.14. The van der Waals surface area contributed by atoms with Crippen LogP contribution in [0.5, 0.6) is 0 Å². The van der Waals surface area contributed by atoms with Gasteiger partial charge in [-0.3, -0.25) is 0 Å². The number of amides is 1. The van der Waals surface area contributed by atoms with Crippen molar-refractivity contribution in [2.75, 3.05) is 20.3 Å². The topological polar surface area (TPSA) is 84.9 Å². The molecule has 2 aromatic carbocycles. The van der Waals surface area contributed by atoms with Gasteiger partial charge in [-0.05, 0) is 29.2 Å². The van der Waals surface area contributed by atoms with Crippen molar-refractivity contribution in [3.05, 3.63) is 59.7 Å². The fourth-order valence-corrected chi connectivity index (χ4v) is 3.19. The van der Waals surface area contributed by atoms with Crippen LogP contribution in [-0.2, 0) is 14.3 Å². The second kappa shape index (κ2) is 7.17. The number of nitrogens with one attached hydrogen (secondary N) is 1. The normalized spacial score (nSPS) is 14.7. The van der Waals surface area contributed by atoms with Crippen molar-refractivity contribution in [2.24, 2.45) is 0 Å². The fraction of sp³-hybridized carbons (Fsp3) is 0.300. The number of esters is 1. The molecule has 0 fully saturated rings. The van der Waals surface area contributed by atoms with Gasteiger partial charge in [0.15, 0.2) is 5.60 Å². The fourth-order valence-electron chi connectivity index (χ4n) is 3.19. The van der Waals surface area contributed by atoms with E-state index in [1.165, 1.54) is 14.0 Å². The summed E-state index contributed by atoms with van der Waals surface area (Å²) in [5, 5.41) is 12.3. The van der Waals surface area contributed by atoms with Crippen LogP contribution < -0.4 is 5.32 Å². The number of benzene rings is 2. The molecule has 0 aliphatic heterocycles. The minimum absolute atomic E-state index is 0.0470. The molecule has 0 saturated heterocycles. The van der Waals surface area contributed by atoms with Crippen LogP contribution in [0.4, 0.5) is 4.79 Å². The number of aliphatic hydroxyl groups is 1. The van der Waals surface area contributed by atoms with Gasteiger partial charge >= 0.3 is 12.1 Å². The number of ether oxygens (including phenoxy) is 2. The van der Waals surface area contributed by atoms with Crippen LogP contribution in [-0.4, -0.2) is 43.0 Å². The van der Waals surface area contributed by atoms with Crippen molar-refractivity contribution in [3.63, 3.8) is 0 Å². The zero-order valence-corrected chi connectivity index (χ0v) is 14.7. The van der Waals surface area contributed by atoms with E-state index in [9.17, 15) is 14.7 Å². The first-order chi connectivity index (χ1) is 12.4. The van der Waals surface area contributed by atoms with Gasteiger partial charge in [0.05, 0.1) is 13.7 Å². The summed E-state index contributed by atoms with van der Waals surface area (Å²) in [5.41, 5.74) is 2.71. The maximum absolute atomic E-state index is 12.0. The van der Waals surface area contributed by atoms with E-state index in [0.717, 1.165) is 22.3 Å². The summed E-state index contributed by atoms with van der Waals surface area (Å²) < 4.78 is 9.82. The molecule has 136 valence electrons. The number of hydrogen-bond acceptors (Lipinski definition) is 5. The lowest BCUT2D eigenvalue weighted by molar-refractivity contribution is -0.159. The Bertz CT molecular complexity index is 785. The lowest BCUT2D eigenvalue weighted by Gasteiger charge is -2.21. The summed E-state index contributed by atoms with van der Waals surface area (Å²) in [5.74, 6) is -0.870. The number of rotatable bonds is 5. The molecule has 1 amide bonds. The number of alkyl carbamates (subject to hydrolysis) is 1. The lowest BCUT2D eigenvalue weighted by atomic mass is 9.98. The van der Waals surface area contributed by atoms with Gasteiger partial charge < -0.3 is 19.9 Å². The Morgan fingerprint density at radius 1 is 1.08 bits per heavy atom. The van der Waals surface area contributed by atoms with E-state index in [4.69, 9.17) is 4.74 Å². The predicted molar refractivity (Wildman–Crippen MR) is 95.7 cm³/mol. The molecular formula is C20H21NO5. The Balaban J connectivity index is 1.65. The molecule has 6 nitrogen and oxygen atoms in total. The van der Waals surface area contributed by atoms with Crippen LogP contribution in [0.25, 0.3) is 11.1 Å². The minimum atomic E-state index is -1.81. The van der Waals surface area contributed by atoms with Crippen molar-refractivity contribution >= 4 is 12.1 Å². The van der Waals surface area contributed by atoms with E-state index in [1.54, 1.807) is 0 Å². The quantitative estimate of drug-likeness (QED) is 0.805. The Morgan fingerprint density at radius 2 is 1.62 bits per heavy atom. The maximum atomic E-state index is 12.0. The van der Waals surface area contributed by atoms with E-state index in [1.807, 2.05) is 36.4 Å². The minimum Gasteiger partial charge on any atom is -0.467 e. The van der Waals surface area contributed by atoms with Crippen LogP contribution in [0.1, 0.15) is 24.0 Å². The molecule has 1 aliphatic carbocycles. The first-order valence-electron chi connectivity index (χ1n) is 8.33. The molecule has 0 heterocycles. The first-order valence-corrected chi connectivity index (χ1v) is 8.33. The van der Waals surface area contributed by atoms with E-state index in [0.29, 0.717) is 0 Å². The van der Waals surface area contributed by atoms with Crippen LogP contribution in [0, 0.1) is 0 Å². The van der Waals surface area contributed by atoms with Crippen molar-refractivity contribution in [3.8, 4) is 11.1 Å². The van der Waals surface area contributed by atoms with E-state index >= 15 is 0 Å². The predicted octanol–water partition coefficient (Wildman–Crippen LogP) is 2.45. The lowest BCUT2D eigenvalue weighted by Crippen LogP contribution is -2.47. The molecule has 0 spiro atoms. The smallest absolute Gasteiger partial charge is 0.407 e. The zero-order chi connectivity index (χ0) is 18.7. The van der Waals surface area contributed by atoms with Gasteiger partial charge in [0, 0.05) is 5.92 Å². The highest BCUT2D eigenvalue weighted by Crippen LogP contribution is 2.44. The highest BCUT2D eigenvalue weighted by Gasteiger charge is 2.33. The van der Waals surface area contributed by atoms with Gasteiger partial charge in [0.25, 0.3) is 0 Å². The molecule has 0 saturated carbocycles. The summed E-state index contributed by atoms with van der Waals surface area (Å²) in [7, 11) is 1.17. The maximum Gasteiger partial charge on any atom is 0.407 e. The van der Waals surface area contributed by atoms with Crippen LogP contribution in [0.15, 0.2) is 48.5 Å². The molecule has 26 heavy (non-hydrogen) atoms. The monoisotopic (exact) mass is 355 g/mol. The Morgan fingerprint density at radius 3 is 2.15 bits per heavy atom. The molecule has 0 radical (unpaired) electrons. The third-order valence-corrected chi connectivity index (χ3v) is 4.55. The highest BCUT2D eigenvalue weighted by atomic mass is 16.6. The largest absolute Gasteiger partial charge is 0.467 e. The van der Waals surface area contributed by atoms with Gasteiger partial charge in [-0.15, -0.1) is 0 Å². The summed E-state index contributed by atoms with van der Waals surface area (Å²) in [6, 6.07) is 16.1. The Kier molecular flexibility index (Phi) is 4.95. The van der Waals surface area contributed by atoms with E-state index in [-0.39, 0.29) is 19.1 Å². The Hall–Kier alpha value is -2.86. The van der Waals surface area contributed by atoms with Crippen LogP contribution in [0.3, 0.4) is 0 Å². The zero-order valence-electron chi connectivity index (χ0n) is 14.7. The summed E-state index contributed by atoms with van der Waals surface area (Å²) in [4.78, 5) is 23.4. The van der Waals surface area contributed by atoms with Gasteiger partial charge in [-0.25, -0.2) is 9.59 Å². The molecule has 0 aromatic heterocycles. The molecule has 0 bridgehead atoms. The van der Waals surface area contributed by atoms with Crippen molar-refractivity contribution in [1.29, 1.82) is 0 Å². The molecule has 6 heteroatoms. The van der Waals surface area contributed by atoms with Crippen LogP contribution >= 0.6 is 0 Å². The van der Waals surface area contributed by atoms with Crippen molar-refractivity contribution < 1.29 is 24.2 Å². The second-order valence-corrected chi connectivity index (χ2v) is 6.44. The van der Waals surface area contributed by atoms with Gasteiger partial charge in [-0.2, -0.15) is 0 Å². The second-order valence-electron chi connectivity index (χ2n) is 6.44. The molecule has 2 N–H and O–H groups in total. The number of carbonyl (C=O) groups excluding carboxylic acids is 2. The molecule has 1 atom stereocenters. The highest BCUT2D eigenvalue weighted by molar-refractivity contribution is 5.80. The van der Waals surface area contributed by atoms with Crippen molar-refractivity contribution in [1.82, 2.24) is 5.32 Å². The summed E-state index contributed by atoms with van der Waals surface area (Å²) >= 11 is 0. The SMILES string of the molecule is COC(=O)C(C)(O)CNC(=O)OCC1c2ccccc2-c2ccccc21. The molecule has 3 rings (SSSR count). The van der Waals surface area contributed by atoms with Gasteiger partial charge in [0.2, 0.25) is 0 Å². The average Bonchev–Trinajstić information content (AvgIpc) is 2.98. The van der Waals surface area contributed by atoms with Crippen LogP contribution in [0.2, 0.25) is 0 Å². The molecule has 1 aliphatic rings. The third kappa shape index (κ3) is 3.41. The Labute approximate surface area is 151 Å². The van der Waals surface area contributed by atoms with Gasteiger partial charge in [0.1, 0.15) is 6.61 Å². The van der Waals surface area contributed by atoms with Gasteiger partial charge in [-0.1, -0.05) is 48.5 Å². The summed E-state index contributed by atoms with van der Waals surface area (Å²) in [6.07, 6.45) is -0.698. The number of fused-ring (bicyclic) bond motifs is 3. The van der Waals surface area contributed by atoms with E-state index in [2.05, 4.69) is 22.2 Å².